The first-order valence-corrected chi connectivity index (χ1v) is 7.24. The van der Waals surface area contributed by atoms with E-state index >= 15 is 0 Å². The van der Waals surface area contributed by atoms with Crippen molar-refractivity contribution in [2.45, 2.75) is 18.9 Å². The van der Waals surface area contributed by atoms with Gasteiger partial charge in [0.1, 0.15) is 5.75 Å². The van der Waals surface area contributed by atoms with Crippen LogP contribution in [0.25, 0.3) is 0 Å². The number of halogens is 2. The maximum Gasteiger partial charge on any atom is 0.258 e. The zero-order chi connectivity index (χ0) is 15.2. The maximum atomic E-state index is 11.8. The molecule has 1 amide bonds. The van der Waals surface area contributed by atoms with Gasteiger partial charge >= 0.3 is 0 Å². The van der Waals surface area contributed by atoms with E-state index < -0.39 is 11.4 Å². The van der Waals surface area contributed by atoms with Crippen LogP contribution in [0.3, 0.4) is 0 Å². The lowest BCUT2D eigenvalue weighted by molar-refractivity contribution is -0.126. The van der Waals surface area contributed by atoms with E-state index in [1.165, 1.54) is 0 Å². The lowest BCUT2D eigenvalue weighted by Crippen LogP contribution is -2.54. The monoisotopic (exact) mass is 365 g/mol. The lowest BCUT2D eigenvalue weighted by Gasteiger charge is -2.29. The van der Waals surface area contributed by atoms with Gasteiger partial charge in [-0.3, -0.25) is 4.79 Å². The molecule has 0 fully saturated rings. The molecule has 0 spiro atoms. The van der Waals surface area contributed by atoms with Gasteiger partial charge in [-0.25, -0.2) is 0 Å². The number of hydrogen-bond acceptors (Lipinski definition) is 4. The molecular formula is C13H17BrClNO4. The van der Waals surface area contributed by atoms with Crippen molar-refractivity contribution in [1.82, 2.24) is 5.32 Å². The Bertz CT molecular complexity index is 457. The summed E-state index contributed by atoms with van der Waals surface area (Å²) in [7, 11) is 0. The van der Waals surface area contributed by atoms with Gasteiger partial charge in [-0.2, -0.15) is 0 Å². The summed E-state index contributed by atoms with van der Waals surface area (Å²) in [6, 6.07) is 5.05. The Morgan fingerprint density at radius 2 is 2.10 bits per heavy atom. The van der Waals surface area contributed by atoms with Gasteiger partial charge < -0.3 is 20.3 Å². The molecule has 0 atom stereocenters. The minimum absolute atomic E-state index is 0.247. The number of carbonyl (C=O) groups excluding carboxylic acids is 1. The Hall–Kier alpha value is -0.820. The summed E-state index contributed by atoms with van der Waals surface area (Å²) >= 11 is 9.23. The van der Waals surface area contributed by atoms with Gasteiger partial charge in [0.05, 0.1) is 23.8 Å². The van der Waals surface area contributed by atoms with E-state index in [0.717, 1.165) is 4.47 Å². The number of aliphatic hydroxyl groups excluding tert-OH is 2. The molecule has 0 unspecified atom stereocenters. The highest BCUT2D eigenvalue weighted by Crippen LogP contribution is 2.27. The Kier molecular flexibility index (Phi) is 6.75. The summed E-state index contributed by atoms with van der Waals surface area (Å²) < 4.78 is 6.11. The number of ether oxygens (including phenoxy) is 1. The molecule has 20 heavy (non-hydrogen) atoms. The second kappa shape index (κ2) is 7.83. The SMILES string of the molecule is CCC(CO)(CO)NC(=O)COc1ccc(Br)cc1Cl. The van der Waals surface area contributed by atoms with E-state index in [-0.39, 0.29) is 19.8 Å². The smallest absolute Gasteiger partial charge is 0.258 e. The van der Waals surface area contributed by atoms with E-state index in [4.69, 9.17) is 16.3 Å². The second-order valence-corrected chi connectivity index (χ2v) is 5.68. The Morgan fingerprint density at radius 1 is 1.45 bits per heavy atom. The average Bonchev–Trinajstić information content (AvgIpc) is 2.44. The Labute approximate surface area is 131 Å². The third-order valence-corrected chi connectivity index (χ3v) is 3.73. The summed E-state index contributed by atoms with van der Waals surface area (Å²) in [6.45, 7) is 0.831. The van der Waals surface area contributed by atoms with Gasteiger partial charge in [-0.1, -0.05) is 34.5 Å². The van der Waals surface area contributed by atoms with Gasteiger partial charge in [0, 0.05) is 4.47 Å². The first-order chi connectivity index (χ1) is 9.46. The molecule has 1 aromatic carbocycles. The van der Waals surface area contributed by atoms with E-state index in [9.17, 15) is 15.0 Å². The van der Waals surface area contributed by atoms with Crippen molar-refractivity contribution in [2.75, 3.05) is 19.8 Å². The molecular weight excluding hydrogens is 350 g/mol. The third kappa shape index (κ3) is 4.63. The first kappa shape index (κ1) is 17.2. The van der Waals surface area contributed by atoms with E-state index in [0.29, 0.717) is 17.2 Å². The zero-order valence-electron chi connectivity index (χ0n) is 11.0. The number of nitrogens with one attached hydrogen (secondary N) is 1. The third-order valence-electron chi connectivity index (χ3n) is 2.94. The van der Waals surface area contributed by atoms with Gasteiger partial charge in [0.2, 0.25) is 0 Å². The number of benzene rings is 1. The zero-order valence-corrected chi connectivity index (χ0v) is 13.4. The number of hydrogen-bond donors (Lipinski definition) is 3. The highest BCUT2D eigenvalue weighted by atomic mass is 79.9. The minimum atomic E-state index is -1.02. The van der Waals surface area contributed by atoms with Crippen molar-refractivity contribution < 1.29 is 19.7 Å². The van der Waals surface area contributed by atoms with Crippen molar-refractivity contribution in [2.24, 2.45) is 0 Å². The van der Waals surface area contributed by atoms with Crippen molar-refractivity contribution in [3.63, 3.8) is 0 Å². The Balaban J connectivity index is 2.59. The minimum Gasteiger partial charge on any atom is -0.482 e. The van der Waals surface area contributed by atoms with Gasteiger partial charge in [-0.15, -0.1) is 0 Å². The summed E-state index contributed by atoms with van der Waals surface area (Å²) in [5.41, 5.74) is -1.02. The maximum absolute atomic E-state index is 11.8. The van der Waals surface area contributed by atoms with Crippen LogP contribution in [0.4, 0.5) is 0 Å². The molecule has 5 nitrogen and oxygen atoms in total. The van der Waals surface area contributed by atoms with Crippen molar-refractivity contribution in [3.8, 4) is 5.75 Å². The lowest BCUT2D eigenvalue weighted by atomic mass is 9.98. The quantitative estimate of drug-likeness (QED) is 0.687. The van der Waals surface area contributed by atoms with Crippen LogP contribution in [0.15, 0.2) is 22.7 Å². The predicted octanol–water partition coefficient (Wildman–Crippen LogP) is 1.73. The molecule has 0 saturated heterocycles. The molecule has 3 N–H and O–H groups in total. The van der Waals surface area contributed by atoms with Crippen LogP contribution in [-0.4, -0.2) is 41.5 Å². The average molecular weight is 367 g/mol. The summed E-state index contributed by atoms with van der Waals surface area (Å²) in [5.74, 6) is -0.0472. The first-order valence-electron chi connectivity index (χ1n) is 6.07. The van der Waals surface area contributed by atoms with Gasteiger partial charge in [-0.05, 0) is 24.6 Å². The van der Waals surface area contributed by atoms with Crippen LogP contribution in [0.1, 0.15) is 13.3 Å². The van der Waals surface area contributed by atoms with Crippen LogP contribution >= 0.6 is 27.5 Å². The molecule has 0 aromatic heterocycles. The molecule has 1 aromatic rings. The fraction of sp³-hybridized carbons (Fsp3) is 0.462. The molecule has 0 aliphatic rings. The number of aliphatic hydroxyl groups is 2. The molecule has 0 aliphatic carbocycles. The van der Waals surface area contributed by atoms with Gasteiger partial charge in [0.15, 0.2) is 6.61 Å². The summed E-state index contributed by atoms with van der Waals surface area (Å²) in [6.07, 6.45) is 0.408. The predicted molar refractivity (Wildman–Crippen MR) is 80.0 cm³/mol. The van der Waals surface area contributed by atoms with Crippen LogP contribution in [0.2, 0.25) is 5.02 Å². The molecule has 0 radical (unpaired) electrons. The fourth-order valence-electron chi connectivity index (χ4n) is 1.51. The van der Waals surface area contributed by atoms with E-state index in [1.807, 2.05) is 0 Å². The highest BCUT2D eigenvalue weighted by molar-refractivity contribution is 9.10. The van der Waals surface area contributed by atoms with Crippen LogP contribution in [0.5, 0.6) is 5.75 Å². The van der Waals surface area contributed by atoms with Crippen LogP contribution < -0.4 is 10.1 Å². The summed E-state index contributed by atoms with van der Waals surface area (Å²) in [5, 5.41) is 21.4. The molecule has 0 saturated carbocycles. The molecule has 7 heteroatoms. The van der Waals surface area contributed by atoms with Crippen LogP contribution in [-0.2, 0) is 4.79 Å². The normalized spacial score (nSPS) is 11.2. The van der Waals surface area contributed by atoms with Crippen molar-refractivity contribution in [1.29, 1.82) is 0 Å². The molecule has 112 valence electrons. The topological polar surface area (TPSA) is 78.8 Å². The Morgan fingerprint density at radius 3 is 2.60 bits per heavy atom. The van der Waals surface area contributed by atoms with E-state index in [2.05, 4.69) is 21.2 Å². The van der Waals surface area contributed by atoms with Crippen LogP contribution in [0, 0.1) is 0 Å². The number of carbonyl (C=O) groups is 1. The highest BCUT2D eigenvalue weighted by Gasteiger charge is 2.28. The summed E-state index contributed by atoms with van der Waals surface area (Å²) in [4.78, 5) is 11.8. The molecule has 1 rings (SSSR count). The number of amides is 1. The van der Waals surface area contributed by atoms with Crippen molar-refractivity contribution >= 4 is 33.4 Å². The molecule has 0 heterocycles. The van der Waals surface area contributed by atoms with Crippen molar-refractivity contribution in [3.05, 3.63) is 27.7 Å². The standard InChI is InChI=1S/C13H17BrClNO4/c1-2-13(7-17,8-18)16-12(19)6-20-11-4-3-9(14)5-10(11)15/h3-5,17-18H,2,6-8H2,1H3,(H,16,19). The number of rotatable bonds is 7. The second-order valence-electron chi connectivity index (χ2n) is 4.36. The molecule has 0 bridgehead atoms. The van der Waals surface area contributed by atoms with Gasteiger partial charge in [0.25, 0.3) is 5.91 Å². The van der Waals surface area contributed by atoms with E-state index in [1.54, 1.807) is 25.1 Å². The molecule has 0 aliphatic heterocycles. The fourth-order valence-corrected chi connectivity index (χ4v) is 2.24. The largest absolute Gasteiger partial charge is 0.482 e.